The van der Waals surface area contributed by atoms with Crippen molar-refractivity contribution < 1.29 is 17.7 Å². The van der Waals surface area contributed by atoms with Crippen LogP contribution in [-0.4, -0.2) is 18.0 Å². The van der Waals surface area contributed by atoms with E-state index in [-0.39, 0.29) is 4.90 Å². The van der Waals surface area contributed by atoms with Crippen LogP contribution >= 0.6 is 0 Å². The molecule has 2 aromatic carbocycles. The molecule has 1 aromatic heterocycles. The van der Waals surface area contributed by atoms with Crippen molar-refractivity contribution in [1.82, 2.24) is 4.98 Å². The monoisotopic (exact) mass is 315 g/mol. The number of aromatic nitrogens is 1. The van der Waals surface area contributed by atoms with Crippen LogP contribution in [0.1, 0.15) is 5.56 Å². The molecule has 112 valence electrons. The summed E-state index contributed by atoms with van der Waals surface area (Å²) in [6, 6.07) is 15.6. The number of benzene rings is 2. The normalized spacial score (nSPS) is 11.5. The standard InChI is InChI=1S/C16H13NO4S/c18-22(19,20)15-9-8-14(16-13(15)7-4-10-17-16)21-11-12-5-2-1-3-6-12/h1-10H,11H2,(H,18,19,20). The first-order valence-corrected chi connectivity index (χ1v) is 8.01. The third-order valence-corrected chi connectivity index (χ3v) is 4.12. The van der Waals surface area contributed by atoms with Gasteiger partial charge in [-0.3, -0.25) is 9.54 Å². The fourth-order valence-electron chi connectivity index (χ4n) is 2.20. The molecule has 0 aliphatic carbocycles. The van der Waals surface area contributed by atoms with Gasteiger partial charge in [-0.25, -0.2) is 0 Å². The van der Waals surface area contributed by atoms with Crippen LogP contribution < -0.4 is 4.74 Å². The highest BCUT2D eigenvalue weighted by molar-refractivity contribution is 7.86. The maximum atomic E-state index is 11.4. The molecule has 5 nitrogen and oxygen atoms in total. The topological polar surface area (TPSA) is 76.5 Å². The fraction of sp³-hybridized carbons (Fsp3) is 0.0625. The highest BCUT2D eigenvalue weighted by atomic mass is 32.2. The first-order valence-electron chi connectivity index (χ1n) is 6.57. The number of hydrogen-bond donors (Lipinski definition) is 1. The van der Waals surface area contributed by atoms with Crippen molar-refractivity contribution in [3.63, 3.8) is 0 Å². The van der Waals surface area contributed by atoms with Crippen LogP contribution in [0, 0.1) is 0 Å². The largest absolute Gasteiger partial charge is 0.487 e. The van der Waals surface area contributed by atoms with Gasteiger partial charge in [0.15, 0.2) is 0 Å². The number of ether oxygens (including phenoxy) is 1. The molecule has 0 unspecified atom stereocenters. The number of hydrogen-bond acceptors (Lipinski definition) is 4. The smallest absolute Gasteiger partial charge is 0.295 e. The van der Waals surface area contributed by atoms with E-state index in [9.17, 15) is 13.0 Å². The molecule has 0 aliphatic heterocycles. The predicted octanol–water partition coefficient (Wildman–Crippen LogP) is 3.06. The quantitative estimate of drug-likeness (QED) is 0.749. The number of rotatable bonds is 4. The Bertz CT molecular complexity index is 908. The average Bonchev–Trinajstić information content (AvgIpc) is 2.52. The summed E-state index contributed by atoms with van der Waals surface area (Å²) in [7, 11) is -4.31. The summed E-state index contributed by atoms with van der Waals surface area (Å²) >= 11 is 0. The zero-order chi connectivity index (χ0) is 15.6. The number of fused-ring (bicyclic) bond motifs is 1. The molecule has 3 rings (SSSR count). The highest BCUT2D eigenvalue weighted by Crippen LogP contribution is 2.29. The molecule has 0 fully saturated rings. The third-order valence-electron chi connectivity index (χ3n) is 3.21. The summed E-state index contributed by atoms with van der Waals surface area (Å²) in [6.45, 7) is 0.345. The Balaban J connectivity index is 2.01. The van der Waals surface area contributed by atoms with Gasteiger partial charge < -0.3 is 4.74 Å². The van der Waals surface area contributed by atoms with Gasteiger partial charge >= 0.3 is 0 Å². The Morgan fingerprint density at radius 1 is 1.00 bits per heavy atom. The van der Waals surface area contributed by atoms with E-state index >= 15 is 0 Å². The Labute approximate surface area is 127 Å². The molecule has 0 saturated carbocycles. The minimum atomic E-state index is -4.31. The maximum absolute atomic E-state index is 11.4. The minimum absolute atomic E-state index is 0.178. The summed E-state index contributed by atoms with van der Waals surface area (Å²) in [5.74, 6) is 0.465. The molecule has 0 radical (unpaired) electrons. The average molecular weight is 315 g/mol. The van der Waals surface area contributed by atoms with E-state index in [2.05, 4.69) is 4.98 Å². The summed E-state index contributed by atoms with van der Waals surface area (Å²) in [5, 5.41) is 0.329. The first-order chi connectivity index (χ1) is 10.6. The van der Waals surface area contributed by atoms with E-state index in [1.54, 1.807) is 18.3 Å². The predicted molar refractivity (Wildman–Crippen MR) is 82.3 cm³/mol. The molecule has 3 aromatic rings. The lowest BCUT2D eigenvalue weighted by molar-refractivity contribution is 0.309. The molecule has 0 spiro atoms. The van der Waals surface area contributed by atoms with Gasteiger partial charge in [0.05, 0.1) is 0 Å². The van der Waals surface area contributed by atoms with E-state index in [1.807, 2.05) is 30.3 Å². The van der Waals surface area contributed by atoms with Crippen LogP contribution in [-0.2, 0) is 16.7 Å². The zero-order valence-corrected chi connectivity index (χ0v) is 12.3. The lowest BCUT2D eigenvalue weighted by atomic mass is 10.2. The molecule has 1 N–H and O–H groups in total. The molecule has 1 heterocycles. The highest BCUT2D eigenvalue weighted by Gasteiger charge is 2.17. The van der Waals surface area contributed by atoms with Crippen LogP contribution in [0.2, 0.25) is 0 Å². The zero-order valence-electron chi connectivity index (χ0n) is 11.5. The van der Waals surface area contributed by atoms with Gasteiger partial charge in [0.25, 0.3) is 10.1 Å². The Morgan fingerprint density at radius 2 is 1.77 bits per heavy atom. The van der Waals surface area contributed by atoms with Gasteiger partial charge in [-0.2, -0.15) is 8.42 Å². The Morgan fingerprint density at radius 3 is 2.50 bits per heavy atom. The molecule has 22 heavy (non-hydrogen) atoms. The van der Waals surface area contributed by atoms with Gasteiger partial charge in [-0.05, 0) is 29.8 Å². The van der Waals surface area contributed by atoms with E-state index in [4.69, 9.17) is 4.74 Å². The van der Waals surface area contributed by atoms with E-state index in [0.29, 0.717) is 23.3 Å². The molecule has 0 atom stereocenters. The second kappa shape index (κ2) is 5.75. The van der Waals surface area contributed by atoms with Crippen molar-refractivity contribution in [3.8, 4) is 5.75 Å². The van der Waals surface area contributed by atoms with Crippen molar-refractivity contribution in [1.29, 1.82) is 0 Å². The lowest BCUT2D eigenvalue weighted by Crippen LogP contribution is -2.02. The van der Waals surface area contributed by atoms with Gasteiger partial charge in [0.1, 0.15) is 22.8 Å². The first kappa shape index (κ1) is 14.5. The van der Waals surface area contributed by atoms with Gasteiger partial charge in [-0.1, -0.05) is 30.3 Å². The molecular weight excluding hydrogens is 302 g/mol. The summed E-state index contributed by atoms with van der Waals surface area (Å²) in [4.78, 5) is 3.99. The molecule has 0 aliphatic rings. The van der Waals surface area contributed by atoms with Crippen LogP contribution in [0.3, 0.4) is 0 Å². The second-order valence-corrected chi connectivity index (χ2v) is 6.10. The van der Waals surface area contributed by atoms with Gasteiger partial charge in [-0.15, -0.1) is 0 Å². The van der Waals surface area contributed by atoms with Crippen molar-refractivity contribution in [3.05, 3.63) is 66.4 Å². The van der Waals surface area contributed by atoms with Crippen molar-refractivity contribution in [2.45, 2.75) is 11.5 Å². The van der Waals surface area contributed by atoms with Crippen LogP contribution in [0.25, 0.3) is 10.9 Å². The SMILES string of the molecule is O=S(=O)(O)c1ccc(OCc2ccccc2)c2ncccc12. The molecular formula is C16H13NO4S. The maximum Gasteiger partial charge on any atom is 0.295 e. The van der Waals surface area contributed by atoms with Gasteiger partial charge in [0.2, 0.25) is 0 Å². The summed E-state index contributed by atoms with van der Waals surface area (Å²) in [6.07, 6.45) is 1.55. The van der Waals surface area contributed by atoms with Gasteiger partial charge in [0, 0.05) is 11.6 Å². The second-order valence-electron chi connectivity index (χ2n) is 4.71. The van der Waals surface area contributed by atoms with Crippen molar-refractivity contribution >= 4 is 21.0 Å². The minimum Gasteiger partial charge on any atom is -0.487 e. The van der Waals surface area contributed by atoms with Crippen LogP contribution in [0.5, 0.6) is 5.75 Å². The van der Waals surface area contributed by atoms with E-state index in [1.165, 1.54) is 12.1 Å². The molecule has 0 amide bonds. The molecule has 6 heteroatoms. The molecule has 0 saturated heterocycles. The number of pyridine rings is 1. The van der Waals surface area contributed by atoms with Crippen LogP contribution in [0.4, 0.5) is 0 Å². The summed E-state index contributed by atoms with van der Waals surface area (Å²) < 4.78 is 37.9. The lowest BCUT2D eigenvalue weighted by Gasteiger charge is -2.10. The third kappa shape index (κ3) is 2.93. The Hall–Kier alpha value is -2.44. The van der Waals surface area contributed by atoms with E-state index < -0.39 is 10.1 Å². The Kier molecular flexibility index (Phi) is 3.79. The van der Waals surface area contributed by atoms with Crippen molar-refractivity contribution in [2.24, 2.45) is 0 Å². The van der Waals surface area contributed by atoms with Crippen LogP contribution in [0.15, 0.2) is 65.7 Å². The summed E-state index contributed by atoms with van der Waals surface area (Å²) in [5.41, 5.74) is 1.39. The van der Waals surface area contributed by atoms with E-state index in [0.717, 1.165) is 5.56 Å². The fourth-order valence-corrected chi connectivity index (χ4v) is 2.88. The number of nitrogens with zero attached hydrogens (tertiary/aromatic N) is 1. The molecule has 0 bridgehead atoms. The van der Waals surface area contributed by atoms with Crippen molar-refractivity contribution in [2.75, 3.05) is 0 Å².